The fourth-order valence-corrected chi connectivity index (χ4v) is 2.85. The topological polar surface area (TPSA) is 64.6 Å². The average molecular weight is 344 g/mol. The van der Waals surface area contributed by atoms with E-state index in [1.165, 1.54) is 6.07 Å². The Labute approximate surface area is 140 Å². The number of aliphatic hydroxyl groups excluding tert-OH is 1. The molecule has 1 heterocycles. The third-order valence-electron chi connectivity index (χ3n) is 3.91. The summed E-state index contributed by atoms with van der Waals surface area (Å²) < 4.78 is 13.2. The number of hydrogen-bond donors (Lipinski definition) is 3. The second-order valence-electron chi connectivity index (χ2n) is 5.83. The molecule has 1 aromatic rings. The molecule has 1 fully saturated rings. The highest BCUT2D eigenvalue weighted by Gasteiger charge is 2.24. The van der Waals surface area contributed by atoms with Crippen molar-refractivity contribution in [2.45, 2.75) is 38.3 Å². The lowest BCUT2D eigenvalue weighted by Crippen LogP contribution is -2.45. The van der Waals surface area contributed by atoms with Crippen molar-refractivity contribution in [3.63, 3.8) is 0 Å². The molecule has 23 heavy (non-hydrogen) atoms. The molecule has 2 atom stereocenters. The molecule has 0 saturated carbocycles. The van der Waals surface area contributed by atoms with E-state index in [2.05, 4.69) is 15.5 Å². The Bertz CT molecular complexity index is 544. The molecular formula is C16H23ClFN3O2. The molecule has 128 valence electrons. The summed E-state index contributed by atoms with van der Waals surface area (Å²) in [5.74, 6) is -0.436. The monoisotopic (exact) mass is 343 g/mol. The maximum absolute atomic E-state index is 13.2. The molecule has 0 aliphatic carbocycles. The van der Waals surface area contributed by atoms with Gasteiger partial charge in [-0.3, -0.25) is 0 Å². The number of carbonyl (C=O) groups is 1. The first-order valence-corrected chi connectivity index (χ1v) is 8.29. The van der Waals surface area contributed by atoms with Gasteiger partial charge in [0.1, 0.15) is 5.82 Å². The lowest BCUT2D eigenvalue weighted by Gasteiger charge is -2.20. The van der Waals surface area contributed by atoms with E-state index in [-0.39, 0.29) is 23.6 Å². The van der Waals surface area contributed by atoms with Crippen LogP contribution >= 0.6 is 11.6 Å². The van der Waals surface area contributed by atoms with Crippen molar-refractivity contribution in [1.29, 1.82) is 0 Å². The zero-order valence-electron chi connectivity index (χ0n) is 13.2. The van der Waals surface area contributed by atoms with E-state index in [4.69, 9.17) is 11.6 Å². The smallest absolute Gasteiger partial charge is 0.315 e. The minimum absolute atomic E-state index is 0.0159. The average Bonchev–Trinajstić information content (AvgIpc) is 2.97. The number of halogens is 2. The number of anilines is 1. The largest absolute Gasteiger partial charge is 0.391 e. The van der Waals surface area contributed by atoms with Crippen LogP contribution in [0, 0.1) is 5.82 Å². The quantitative estimate of drug-likeness (QED) is 0.743. The van der Waals surface area contributed by atoms with E-state index in [1.54, 1.807) is 12.1 Å². The van der Waals surface area contributed by atoms with Gasteiger partial charge >= 0.3 is 6.03 Å². The molecular weight excluding hydrogens is 321 g/mol. The SMILES string of the molecule is CCCC(O)CNC(=O)NC1CCN(c2ccc(F)c(Cl)c2)C1. The molecule has 0 spiro atoms. The van der Waals surface area contributed by atoms with Crippen LogP contribution < -0.4 is 15.5 Å². The second-order valence-corrected chi connectivity index (χ2v) is 6.23. The molecule has 0 radical (unpaired) electrons. The number of urea groups is 1. The molecule has 1 aliphatic heterocycles. The summed E-state index contributed by atoms with van der Waals surface area (Å²) in [6.45, 7) is 3.65. The van der Waals surface area contributed by atoms with Gasteiger partial charge in [0.2, 0.25) is 0 Å². The van der Waals surface area contributed by atoms with E-state index in [9.17, 15) is 14.3 Å². The summed E-state index contributed by atoms with van der Waals surface area (Å²) in [6, 6.07) is 4.37. The van der Waals surface area contributed by atoms with E-state index < -0.39 is 11.9 Å². The van der Waals surface area contributed by atoms with Crippen LogP contribution in [0.2, 0.25) is 5.02 Å². The van der Waals surface area contributed by atoms with Crippen LogP contribution in [0.25, 0.3) is 0 Å². The number of nitrogens with one attached hydrogen (secondary N) is 2. The van der Waals surface area contributed by atoms with Crippen LogP contribution in [0.3, 0.4) is 0 Å². The number of hydrogen-bond acceptors (Lipinski definition) is 3. The third kappa shape index (κ3) is 5.25. The number of nitrogens with zero attached hydrogens (tertiary/aromatic N) is 1. The van der Waals surface area contributed by atoms with Gasteiger partial charge in [-0.15, -0.1) is 0 Å². The Hall–Kier alpha value is -1.53. The van der Waals surface area contributed by atoms with Crippen LogP contribution in [-0.2, 0) is 0 Å². The highest BCUT2D eigenvalue weighted by Crippen LogP contribution is 2.25. The van der Waals surface area contributed by atoms with Crippen LogP contribution in [-0.4, -0.2) is 42.9 Å². The molecule has 0 bridgehead atoms. The van der Waals surface area contributed by atoms with Crippen molar-refractivity contribution in [3.05, 3.63) is 29.0 Å². The van der Waals surface area contributed by atoms with E-state index >= 15 is 0 Å². The fraction of sp³-hybridized carbons (Fsp3) is 0.562. The van der Waals surface area contributed by atoms with Crippen molar-refractivity contribution >= 4 is 23.3 Å². The molecule has 1 aliphatic rings. The van der Waals surface area contributed by atoms with Gasteiger partial charge in [-0.25, -0.2) is 9.18 Å². The number of aliphatic hydroxyl groups is 1. The first kappa shape index (κ1) is 17.8. The Morgan fingerprint density at radius 2 is 2.35 bits per heavy atom. The zero-order chi connectivity index (χ0) is 16.8. The molecule has 2 unspecified atom stereocenters. The molecule has 5 nitrogen and oxygen atoms in total. The van der Waals surface area contributed by atoms with Gasteiger partial charge in [-0.2, -0.15) is 0 Å². The number of carbonyl (C=O) groups excluding carboxylic acids is 1. The van der Waals surface area contributed by atoms with Crippen molar-refractivity contribution < 1.29 is 14.3 Å². The molecule has 2 rings (SSSR count). The van der Waals surface area contributed by atoms with Crippen LogP contribution in [0.4, 0.5) is 14.9 Å². The highest BCUT2D eigenvalue weighted by atomic mass is 35.5. The van der Waals surface area contributed by atoms with E-state index in [1.807, 2.05) is 6.92 Å². The Morgan fingerprint density at radius 1 is 1.57 bits per heavy atom. The molecule has 0 aromatic heterocycles. The first-order valence-electron chi connectivity index (χ1n) is 7.92. The second kappa shape index (κ2) is 8.36. The van der Waals surface area contributed by atoms with Crippen molar-refractivity contribution in [3.8, 4) is 0 Å². The Kier molecular flexibility index (Phi) is 6.47. The molecule has 2 amide bonds. The summed E-state index contributed by atoms with van der Waals surface area (Å²) in [5, 5.41) is 15.3. The van der Waals surface area contributed by atoms with Gasteiger partial charge in [0, 0.05) is 31.4 Å². The van der Waals surface area contributed by atoms with Crippen molar-refractivity contribution in [2.24, 2.45) is 0 Å². The van der Waals surface area contributed by atoms with Gasteiger partial charge in [0.25, 0.3) is 0 Å². The van der Waals surface area contributed by atoms with Gasteiger partial charge in [0.05, 0.1) is 11.1 Å². The van der Waals surface area contributed by atoms with Gasteiger partial charge in [0.15, 0.2) is 0 Å². The fourth-order valence-electron chi connectivity index (χ4n) is 2.68. The lowest BCUT2D eigenvalue weighted by molar-refractivity contribution is 0.160. The maximum Gasteiger partial charge on any atom is 0.315 e. The maximum atomic E-state index is 13.2. The molecule has 7 heteroatoms. The van der Waals surface area contributed by atoms with Crippen molar-refractivity contribution in [1.82, 2.24) is 10.6 Å². The standard InChI is InChI=1S/C16H23ClFN3O2/c1-2-3-13(22)9-19-16(23)20-11-6-7-21(10-11)12-4-5-15(18)14(17)8-12/h4-5,8,11,13,22H,2-3,6-7,9-10H2,1H3,(H2,19,20,23). The van der Waals surface area contributed by atoms with E-state index in [0.717, 1.165) is 25.1 Å². The Balaban J connectivity index is 1.78. The highest BCUT2D eigenvalue weighted by molar-refractivity contribution is 6.31. The summed E-state index contributed by atoms with van der Waals surface area (Å²) in [4.78, 5) is 13.9. The Morgan fingerprint density at radius 3 is 3.04 bits per heavy atom. The van der Waals surface area contributed by atoms with Crippen LogP contribution in [0.5, 0.6) is 0 Å². The van der Waals surface area contributed by atoms with Gasteiger partial charge in [-0.1, -0.05) is 24.9 Å². The normalized spacial score (nSPS) is 18.8. The summed E-state index contributed by atoms with van der Waals surface area (Å²) in [5.41, 5.74) is 0.847. The van der Waals surface area contributed by atoms with Crippen LogP contribution in [0.1, 0.15) is 26.2 Å². The lowest BCUT2D eigenvalue weighted by atomic mass is 10.2. The third-order valence-corrected chi connectivity index (χ3v) is 4.20. The molecule has 1 saturated heterocycles. The number of amides is 2. The molecule has 3 N–H and O–H groups in total. The van der Waals surface area contributed by atoms with Gasteiger partial charge in [-0.05, 0) is 31.0 Å². The predicted octanol–water partition coefficient (Wildman–Crippen LogP) is 2.52. The minimum atomic E-state index is -0.507. The van der Waals surface area contributed by atoms with E-state index in [0.29, 0.717) is 13.0 Å². The number of benzene rings is 1. The summed E-state index contributed by atoms with van der Waals surface area (Å²) >= 11 is 5.80. The van der Waals surface area contributed by atoms with Crippen LogP contribution in [0.15, 0.2) is 18.2 Å². The summed E-state index contributed by atoms with van der Waals surface area (Å²) in [6.07, 6.45) is 1.84. The number of rotatable bonds is 6. The zero-order valence-corrected chi connectivity index (χ0v) is 13.9. The van der Waals surface area contributed by atoms with Crippen molar-refractivity contribution in [2.75, 3.05) is 24.5 Å². The summed E-state index contributed by atoms with van der Waals surface area (Å²) in [7, 11) is 0. The molecule has 1 aromatic carbocycles. The minimum Gasteiger partial charge on any atom is -0.391 e. The first-order chi connectivity index (χ1) is 11.0. The van der Waals surface area contributed by atoms with Gasteiger partial charge < -0.3 is 20.6 Å². The predicted molar refractivity (Wildman–Crippen MR) is 89.5 cm³/mol.